The van der Waals surface area contributed by atoms with Gasteiger partial charge in [0.15, 0.2) is 5.11 Å². The van der Waals surface area contributed by atoms with Crippen molar-refractivity contribution in [1.82, 2.24) is 15.6 Å². The lowest BCUT2D eigenvalue weighted by atomic mass is 10.3. The van der Waals surface area contributed by atoms with Crippen LogP contribution in [0.1, 0.15) is 43.4 Å². The second-order valence-electron chi connectivity index (χ2n) is 3.80. The average Bonchev–Trinajstić information content (AvgIpc) is 2.65. The number of hydrogen-bond donors (Lipinski definition) is 2. The van der Waals surface area contributed by atoms with E-state index in [-0.39, 0.29) is 6.04 Å². The Hall–Kier alpha value is -0.680. The fraction of sp³-hybridized carbons (Fsp3) is 0.636. The summed E-state index contributed by atoms with van der Waals surface area (Å²) >= 11 is 6.87. The molecule has 16 heavy (non-hydrogen) atoms. The minimum Gasteiger partial charge on any atom is -0.363 e. The topological polar surface area (TPSA) is 37.0 Å². The molecule has 0 radical (unpaired) electrons. The fourth-order valence-corrected chi connectivity index (χ4v) is 2.34. The van der Waals surface area contributed by atoms with Crippen LogP contribution in [-0.4, -0.2) is 16.6 Å². The summed E-state index contributed by atoms with van der Waals surface area (Å²) < 4.78 is 0. The molecule has 0 fully saturated rings. The molecule has 1 atom stereocenters. The maximum Gasteiger partial charge on any atom is 0.166 e. The van der Waals surface area contributed by atoms with E-state index in [0.717, 1.165) is 23.7 Å². The third-order valence-electron chi connectivity index (χ3n) is 2.17. The summed E-state index contributed by atoms with van der Waals surface area (Å²) in [6, 6.07) is 0.181. The van der Waals surface area contributed by atoms with Crippen molar-refractivity contribution in [1.29, 1.82) is 0 Å². The van der Waals surface area contributed by atoms with E-state index >= 15 is 0 Å². The summed E-state index contributed by atoms with van der Waals surface area (Å²) in [7, 11) is 0. The average molecular weight is 257 g/mol. The second kappa shape index (κ2) is 6.81. The van der Waals surface area contributed by atoms with Gasteiger partial charge in [0.05, 0.1) is 6.04 Å². The van der Waals surface area contributed by atoms with Gasteiger partial charge in [-0.3, -0.25) is 0 Å². The summed E-state index contributed by atoms with van der Waals surface area (Å²) in [5.41, 5.74) is 1.07. The molecule has 0 saturated heterocycles. The zero-order valence-electron chi connectivity index (χ0n) is 10.0. The van der Waals surface area contributed by atoms with Gasteiger partial charge in [-0.05, 0) is 32.5 Å². The normalized spacial score (nSPS) is 12.2. The predicted octanol–water partition coefficient (Wildman–Crippen LogP) is 2.78. The van der Waals surface area contributed by atoms with E-state index in [9.17, 15) is 0 Å². The van der Waals surface area contributed by atoms with Crippen molar-refractivity contribution in [3.8, 4) is 0 Å². The molecule has 0 aromatic carbocycles. The predicted molar refractivity (Wildman–Crippen MR) is 73.9 cm³/mol. The van der Waals surface area contributed by atoms with Crippen LogP contribution >= 0.6 is 23.6 Å². The molecular formula is C11H19N3S2. The Labute approximate surface area is 107 Å². The van der Waals surface area contributed by atoms with E-state index in [1.165, 1.54) is 6.42 Å². The van der Waals surface area contributed by atoms with Gasteiger partial charge in [-0.15, -0.1) is 11.3 Å². The van der Waals surface area contributed by atoms with Gasteiger partial charge in [-0.2, -0.15) is 0 Å². The lowest BCUT2D eigenvalue weighted by Gasteiger charge is -2.14. The summed E-state index contributed by atoms with van der Waals surface area (Å²) in [4.78, 5) is 4.43. The Bertz CT molecular complexity index is 336. The van der Waals surface area contributed by atoms with E-state index in [1.807, 2.05) is 6.92 Å². The molecule has 0 aliphatic carbocycles. The number of rotatable bonds is 5. The van der Waals surface area contributed by atoms with Crippen LogP contribution in [0.2, 0.25) is 0 Å². The molecule has 3 nitrogen and oxygen atoms in total. The number of aromatic nitrogens is 1. The quantitative estimate of drug-likeness (QED) is 0.628. The summed E-state index contributed by atoms with van der Waals surface area (Å²) in [5.74, 6) is 0. The number of nitrogens with zero attached hydrogens (tertiary/aromatic N) is 1. The first kappa shape index (κ1) is 13.4. The molecule has 90 valence electrons. The Morgan fingerprint density at radius 3 is 2.94 bits per heavy atom. The van der Waals surface area contributed by atoms with Gasteiger partial charge in [0.2, 0.25) is 0 Å². The molecule has 1 unspecified atom stereocenters. The van der Waals surface area contributed by atoms with Crippen LogP contribution in [-0.2, 0) is 0 Å². The molecule has 0 aliphatic heterocycles. The van der Waals surface area contributed by atoms with Gasteiger partial charge < -0.3 is 10.6 Å². The van der Waals surface area contributed by atoms with Gasteiger partial charge >= 0.3 is 0 Å². The van der Waals surface area contributed by atoms with Crippen molar-refractivity contribution in [2.45, 2.75) is 39.7 Å². The van der Waals surface area contributed by atoms with Crippen molar-refractivity contribution in [2.75, 3.05) is 6.54 Å². The summed E-state index contributed by atoms with van der Waals surface area (Å²) in [5, 5.41) is 10.3. The van der Waals surface area contributed by atoms with Crippen LogP contribution in [0.5, 0.6) is 0 Å². The molecule has 0 amide bonds. The van der Waals surface area contributed by atoms with Gasteiger partial charge in [-0.1, -0.05) is 13.3 Å². The molecule has 0 saturated carbocycles. The van der Waals surface area contributed by atoms with E-state index < -0.39 is 0 Å². The van der Waals surface area contributed by atoms with E-state index in [4.69, 9.17) is 12.2 Å². The van der Waals surface area contributed by atoms with E-state index in [0.29, 0.717) is 5.11 Å². The molecular weight excluding hydrogens is 238 g/mol. The first-order chi connectivity index (χ1) is 7.63. The largest absolute Gasteiger partial charge is 0.363 e. The third kappa shape index (κ3) is 4.45. The summed E-state index contributed by atoms with van der Waals surface area (Å²) in [6.07, 6.45) is 2.32. The maximum atomic E-state index is 5.21. The van der Waals surface area contributed by atoms with Crippen molar-refractivity contribution in [3.05, 3.63) is 16.1 Å². The standard InChI is InChI=1S/C11H19N3S2/c1-4-5-6-12-11(15)14-9(3)10-13-8(2)7-16-10/h7,9H,4-6H2,1-3H3,(H2,12,14,15). The van der Waals surface area contributed by atoms with E-state index in [1.54, 1.807) is 11.3 Å². The zero-order valence-corrected chi connectivity index (χ0v) is 11.7. The van der Waals surface area contributed by atoms with E-state index in [2.05, 4.69) is 34.8 Å². The molecule has 1 rings (SSSR count). The second-order valence-corrected chi connectivity index (χ2v) is 5.10. The van der Waals surface area contributed by atoms with Gasteiger partial charge in [0.1, 0.15) is 5.01 Å². The first-order valence-electron chi connectivity index (χ1n) is 5.60. The number of hydrogen-bond acceptors (Lipinski definition) is 3. The van der Waals surface area contributed by atoms with Crippen LogP contribution in [0, 0.1) is 6.92 Å². The molecule has 0 spiro atoms. The minimum absolute atomic E-state index is 0.181. The first-order valence-corrected chi connectivity index (χ1v) is 6.88. The fourth-order valence-electron chi connectivity index (χ4n) is 1.26. The lowest BCUT2D eigenvalue weighted by molar-refractivity contribution is 0.677. The number of nitrogens with one attached hydrogen (secondary N) is 2. The Kier molecular flexibility index (Phi) is 5.69. The number of unbranched alkanes of at least 4 members (excludes halogenated alkanes) is 1. The third-order valence-corrected chi connectivity index (χ3v) is 3.58. The molecule has 5 heteroatoms. The van der Waals surface area contributed by atoms with Crippen LogP contribution in [0.15, 0.2) is 5.38 Å². The molecule has 1 heterocycles. The Morgan fingerprint density at radius 1 is 1.62 bits per heavy atom. The maximum absolute atomic E-state index is 5.21. The number of thiocarbonyl (C=S) groups is 1. The van der Waals surface area contributed by atoms with Crippen molar-refractivity contribution in [2.24, 2.45) is 0 Å². The smallest absolute Gasteiger partial charge is 0.166 e. The highest BCUT2D eigenvalue weighted by molar-refractivity contribution is 7.80. The Balaban J connectivity index is 2.33. The summed E-state index contributed by atoms with van der Waals surface area (Å²) in [6.45, 7) is 7.18. The van der Waals surface area contributed by atoms with Gasteiger partial charge in [0, 0.05) is 17.6 Å². The number of thiazole rings is 1. The Morgan fingerprint density at radius 2 is 2.38 bits per heavy atom. The van der Waals surface area contributed by atoms with Crippen molar-refractivity contribution < 1.29 is 0 Å². The highest BCUT2D eigenvalue weighted by atomic mass is 32.1. The zero-order chi connectivity index (χ0) is 12.0. The van der Waals surface area contributed by atoms with Crippen LogP contribution in [0.4, 0.5) is 0 Å². The minimum atomic E-state index is 0.181. The molecule has 1 aromatic rings. The van der Waals surface area contributed by atoms with Gasteiger partial charge in [-0.25, -0.2) is 4.98 Å². The highest BCUT2D eigenvalue weighted by Crippen LogP contribution is 2.16. The van der Waals surface area contributed by atoms with Crippen molar-refractivity contribution >= 4 is 28.7 Å². The van der Waals surface area contributed by atoms with Gasteiger partial charge in [0.25, 0.3) is 0 Å². The molecule has 0 bridgehead atoms. The lowest BCUT2D eigenvalue weighted by Crippen LogP contribution is -2.37. The number of aryl methyl sites for hydroxylation is 1. The SMILES string of the molecule is CCCCNC(=S)NC(C)c1nc(C)cs1. The van der Waals surface area contributed by atoms with Crippen molar-refractivity contribution in [3.63, 3.8) is 0 Å². The molecule has 1 aromatic heterocycles. The highest BCUT2D eigenvalue weighted by Gasteiger charge is 2.09. The van der Waals surface area contributed by atoms with Crippen LogP contribution in [0.25, 0.3) is 0 Å². The monoisotopic (exact) mass is 257 g/mol. The molecule has 2 N–H and O–H groups in total. The molecule has 0 aliphatic rings. The van der Waals surface area contributed by atoms with Crippen LogP contribution in [0.3, 0.4) is 0 Å². The van der Waals surface area contributed by atoms with Crippen LogP contribution < -0.4 is 10.6 Å².